The predicted octanol–water partition coefficient (Wildman–Crippen LogP) is 5.20. The Morgan fingerprint density at radius 1 is 1.19 bits per heavy atom. The Balaban J connectivity index is 1.81. The summed E-state index contributed by atoms with van der Waals surface area (Å²) in [7, 11) is 0. The maximum atomic E-state index is 12.3. The third-order valence-corrected chi connectivity index (χ3v) is 5.27. The Labute approximate surface area is 133 Å². The van der Waals surface area contributed by atoms with Crippen molar-refractivity contribution in [3.05, 3.63) is 50.2 Å². The van der Waals surface area contributed by atoms with Crippen molar-refractivity contribution in [3.8, 4) is 5.75 Å². The van der Waals surface area contributed by atoms with Crippen LogP contribution < -0.4 is 4.74 Å². The normalized spacial score (nSPS) is 14.4. The number of thiophene rings is 1. The monoisotopic (exact) mass is 320 g/mol. The summed E-state index contributed by atoms with van der Waals surface area (Å²) in [6.07, 6.45) is 5.86. The van der Waals surface area contributed by atoms with Gasteiger partial charge < -0.3 is 4.74 Å². The van der Waals surface area contributed by atoms with E-state index >= 15 is 0 Å². The van der Waals surface area contributed by atoms with Gasteiger partial charge in [0.25, 0.3) is 0 Å². The van der Waals surface area contributed by atoms with Crippen LogP contribution in [0, 0.1) is 6.92 Å². The molecule has 0 N–H and O–H groups in total. The van der Waals surface area contributed by atoms with Crippen LogP contribution >= 0.6 is 22.9 Å². The van der Waals surface area contributed by atoms with Crippen LogP contribution in [0.5, 0.6) is 5.75 Å². The van der Waals surface area contributed by atoms with Crippen molar-refractivity contribution in [1.29, 1.82) is 0 Å². The van der Waals surface area contributed by atoms with E-state index in [1.165, 1.54) is 29.7 Å². The van der Waals surface area contributed by atoms with Gasteiger partial charge in [0.2, 0.25) is 0 Å². The summed E-state index contributed by atoms with van der Waals surface area (Å²) in [5.74, 6) is 0.130. The number of benzene rings is 1. The number of aryl methyl sites for hydroxylation is 3. The molecule has 0 unspecified atom stereocenters. The Bertz CT molecular complexity index is 652. The molecule has 1 aliphatic rings. The van der Waals surface area contributed by atoms with Crippen molar-refractivity contribution in [2.24, 2.45) is 0 Å². The van der Waals surface area contributed by atoms with Gasteiger partial charge in [0.05, 0.1) is 5.02 Å². The average Bonchev–Trinajstić information content (AvgIpc) is 2.74. The van der Waals surface area contributed by atoms with Gasteiger partial charge in [-0.1, -0.05) is 24.1 Å². The lowest BCUT2D eigenvalue weighted by Gasteiger charge is -2.05. The van der Waals surface area contributed by atoms with Crippen molar-refractivity contribution < 1.29 is 9.53 Å². The van der Waals surface area contributed by atoms with Gasteiger partial charge in [-0.2, -0.15) is 0 Å². The van der Waals surface area contributed by atoms with Gasteiger partial charge in [-0.3, -0.25) is 0 Å². The lowest BCUT2D eigenvalue weighted by molar-refractivity contribution is 0.0740. The first-order valence-corrected chi connectivity index (χ1v) is 8.43. The molecule has 0 saturated carbocycles. The second kappa shape index (κ2) is 6.20. The molecule has 21 heavy (non-hydrogen) atoms. The fourth-order valence-electron chi connectivity index (χ4n) is 2.61. The predicted molar refractivity (Wildman–Crippen MR) is 86.7 cm³/mol. The SMILES string of the molecule is Cc1ccc(Cl)c(OC(=O)c2cc3c(s2)CCCCC3)c1. The summed E-state index contributed by atoms with van der Waals surface area (Å²) in [6.45, 7) is 1.95. The Kier molecular flexibility index (Phi) is 4.32. The second-order valence-electron chi connectivity index (χ2n) is 5.44. The molecule has 0 bridgehead atoms. The number of rotatable bonds is 2. The summed E-state index contributed by atoms with van der Waals surface area (Å²) < 4.78 is 5.46. The Morgan fingerprint density at radius 2 is 2.00 bits per heavy atom. The molecule has 0 saturated heterocycles. The molecule has 0 spiro atoms. The van der Waals surface area contributed by atoms with Crippen molar-refractivity contribution >= 4 is 28.9 Å². The second-order valence-corrected chi connectivity index (χ2v) is 6.99. The van der Waals surface area contributed by atoms with E-state index in [1.54, 1.807) is 23.5 Å². The highest BCUT2D eigenvalue weighted by molar-refractivity contribution is 7.14. The van der Waals surface area contributed by atoms with Crippen molar-refractivity contribution in [2.45, 2.75) is 39.0 Å². The minimum Gasteiger partial charge on any atom is -0.421 e. The van der Waals surface area contributed by atoms with E-state index in [1.807, 2.05) is 19.1 Å². The van der Waals surface area contributed by atoms with Gasteiger partial charge in [-0.25, -0.2) is 4.79 Å². The van der Waals surface area contributed by atoms with Gasteiger partial charge in [-0.05, 0) is 61.9 Å². The minimum absolute atomic E-state index is 0.305. The molecule has 0 radical (unpaired) electrons. The van der Waals surface area contributed by atoms with Crippen LogP contribution in [-0.4, -0.2) is 5.97 Å². The van der Waals surface area contributed by atoms with Crippen molar-refractivity contribution in [1.82, 2.24) is 0 Å². The molecule has 110 valence electrons. The van der Waals surface area contributed by atoms with E-state index in [2.05, 4.69) is 0 Å². The molecule has 1 aromatic carbocycles. The highest BCUT2D eigenvalue weighted by atomic mass is 35.5. The molecule has 0 atom stereocenters. The molecule has 0 amide bonds. The summed E-state index contributed by atoms with van der Waals surface area (Å²) in [6, 6.07) is 7.44. The molecule has 2 aromatic rings. The summed E-state index contributed by atoms with van der Waals surface area (Å²) in [5, 5.41) is 0.465. The fraction of sp³-hybridized carbons (Fsp3) is 0.353. The highest BCUT2D eigenvalue weighted by Gasteiger charge is 2.18. The molecule has 4 heteroatoms. The molecule has 1 aromatic heterocycles. The average molecular weight is 321 g/mol. The molecule has 1 heterocycles. The number of halogens is 1. The summed E-state index contributed by atoms with van der Waals surface area (Å²) in [4.78, 5) is 14.3. The minimum atomic E-state index is -0.305. The Hall–Kier alpha value is -1.32. The van der Waals surface area contributed by atoms with Crippen LogP contribution in [0.25, 0.3) is 0 Å². The number of hydrogen-bond acceptors (Lipinski definition) is 3. The van der Waals surface area contributed by atoms with Gasteiger partial charge in [-0.15, -0.1) is 11.3 Å². The maximum Gasteiger partial charge on any atom is 0.353 e. The molecule has 0 fully saturated rings. The van der Waals surface area contributed by atoms with E-state index < -0.39 is 0 Å². The third kappa shape index (κ3) is 3.30. The number of ether oxygens (including phenoxy) is 1. The smallest absolute Gasteiger partial charge is 0.353 e. The van der Waals surface area contributed by atoms with Crippen molar-refractivity contribution in [3.63, 3.8) is 0 Å². The van der Waals surface area contributed by atoms with Gasteiger partial charge in [0.1, 0.15) is 10.6 Å². The van der Waals surface area contributed by atoms with Crippen LogP contribution in [-0.2, 0) is 12.8 Å². The first kappa shape index (κ1) is 14.6. The van der Waals surface area contributed by atoms with Gasteiger partial charge in [0, 0.05) is 4.88 Å². The van der Waals surface area contributed by atoms with E-state index in [4.69, 9.17) is 16.3 Å². The molecular formula is C17H17ClO2S. The lowest BCUT2D eigenvalue weighted by atomic mass is 10.1. The number of esters is 1. The first-order valence-electron chi connectivity index (χ1n) is 7.23. The van der Waals surface area contributed by atoms with Gasteiger partial charge in [0.15, 0.2) is 0 Å². The van der Waals surface area contributed by atoms with Gasteiger partial charge >= 0.3 is 5.97 Å². The standard InChI is InChI=1S/C17H17ClO2S/c1-11-7-8-13(18)14(9-11)20-17(19)16-10-12-5-3-2-4-6-15(12)21-16/h7-10H,2-6H2,1H3. The zero-order valence-electron chi connectivity index (χ0n) is 11.9. The topological polar surface area (TPSA) is 26.3 Å². The van der Waals surface area contributed by atoms with E-state index in [9.17, 15) is 4.79 Å². The molecule has 2 nitrogen and oxygen atoms in total. The molecule has 1 aliphatic carbocycles. The van der Waals surface area contributed by atoms with E-state index in [0.29, 0.717) is 15.6 Å². The van der Waals surface area contributed by atoms with Crippen molar-refractivity contribution in [2.75, 3.05) is 0 Å². The highest BCUT2D eigenvalue weighted by Crippen LogP contribution is 2.31. The van der Waals surface area contributed by atoms with Crippen LogP contribution in [0.3, 0.4) is 0 Å². The zero-order valence-corrected chi connectivity index (χ0v) is 13.5. The fourth-order valence-corrected chi connectivity index (χ4v) is 3.89. The van der Waals surface area contributed by atoms with Crippen LogP contribution in [0.15, 0.2) is 24.3 Å². The summed E-state index contributed by atoms with van der Waals surface area (Å²) in [5.41, 5.74) is 2.34. The van der Waals surface area contributed by atoms with Crippen LogP contribution in [0.2, 0.25) is 5.02 Å². The Morgan fingerprint density at radius 3 is 2.86 bits per heavy atom. The maximum absolute atomic E-state index is 12.3. The quantitative estimate of drug-likeness (QED) is 0.432. The number of hydrogen-bond donors (Lipinski definition) is 0. The largest absolute Gasteiger partial charge is 0.421 e. The third-order valence-electron chi connectivity index (χ3n) is 3.74. The zero-order chi connectivity index (χ0) is 14.8. The number of carbonyl (C=O) groups excluding carboxylic acids is 1. The van der Waals surface area contributed by atoms with Crippen LogP contribution in [0.4, 0.5) is 0 Å². The molecular weight excluding hydrogens is 304 g/mol. The number of fused-ring (bicyclic) bond motifs is 1. The number of carbonyl (C=O) groups is 1. The lowest BCUT2D eigenvalue weighted by Crippen LogP contribution is -2.07. The molecule has 3 rings (SSSR count). The summed E-state index contributed by atoms with van der Waals surface area (Å²) >= 11 is 7.65. The van der Waals surface area contributed by atoms with E-state index in [0.717, 1.165) is 18.4 Å². The first-order chi connectivity index (χ1) is 10.1. The van der Waals surface area contributed by atoms with Crippen LogP contribution in [0.1, 0.15) is 44.9 Å². The van der Waals surface area contributed by atoms with E-state index in [-0.39, 0.29) is 5.97 Å². The molecule has 0 aliphatic heterocycles.